The van der Waals surface area contributed by atoms with Gasteiger partial charge in [-0.05, 0) is 12.8 Å². The summed E-state index contributed by atoms with van der Waals surface area (Å²) in [4.78, 5) is 0. The van der Waals surface area contributed by atoms with E-state index in [-0.39, 0.29) is 6.61 Å². The topological polar surface area (TPSA) is 79.2 Å². The molecule has 2 saturated heterocycles. The van der Waals surface area contributed by atoms with E-state index in [1.165, 1.54) is 0 Å². The molecule has 0 unspecified atom stereocenters. The molecule has 2 rings (SSSR count). The Balaban J connectivity index is 2.11. The Labute approximate surface area is 82.3 Å². The van der Waals surface area contributed by atoms with Crippen LogP contribution in [-0.4, -0.2) is 52.6 Å². The van der Waals surface area contributed by atoms with E-state index in [0.717, 1.165) is 12.8 Å². The van der Waals surface area contributed by atoms with E-state index in [4.69, 9.17) is 9.47 Å². The molecule has 0 aromatic rings. The number of rotatable bonds is 0. The van der Waals surface area contributed by atoms with E-state index in [1.807, 2.05) is 0 Å². The second kappa shape index (κ2) is 3.75. The molecule has 2 fully saturated rings. The molecule has 2 heterocycles. The molecule has 0 amide bonds. The van der Waals surface area contributed by atoms with Crippen molar-refractivity contribution in [2.75, 3.05) is 13.2 Å². The minimum atomic E-state index is -1.18. The molecule has 0 aromatic carbocycles. The molecule has 0 saturated carbocycles. The van der Waals surface area contributed by atoms with Gasteiger partial charge in [-0.25, -0.2) is 0 Å². The van der Waals surface area contributed by atoms with Gasteiger partial charge in [0.15, 0.2) is 5.79 Å². The third-order valence-electron chi connectivity index (χ3n) is 2.93. The second-order valence-electron chi connectivity index (χ2n) is 3.93. The first kappa shape index (κ1) is 10.3. The average molecular weight is 204 g/mol. The fraction of sp³-hybridized carbons (Fsp3) is 1.00. The molecule has 0 bridgehead atoms. The lowest BCUT2D eigenvalue weighted by atomic mass is 9.91. The molecule has 2 aliphatic rings. The van der Waals surface area contributed by atoms with Gasteiger partial charge in [0.05, 0.1) is 13.2 Å². The van der Waals surface area contributed by atoms with Crippen molar-refractivity contribution in [3.05, 3.63) is 0 Å². The molecule has 3 N–H and O–H groups in total. The highest BCUT2D eigenvalue weighted by atomic mass is 16.7. The number of hydrogen-bond donors (Lipinski definition) is 3. The normalized spacial score (nSPS) is 49.5. The van der Waals surface area contributed by atoms with Crippen LogP contribution in [0.1, 0.15) is 19.3 Å². The Morgan fingerprint density at radius 2 is 1.86 bits per heavy atom. The summed E-state index contributed by atoms with van der Waals surface area (Å²) >= 11 is 0. The molecule has 5 heteroatoms. The molecule has 0 aromatic heterocycles. The van der Waals surface area contributed by atoms with Gasteiger partial charge in [-0.3, -0.25) is 0 Å². The van der Waals surface area contributed by atoms with E-state index in [1.54, 1.807) is 0 Å². The van der Waals surface area contributed by atoms with Crippen LogP contribution in [0, 0.1) is 0 Å². The van der Waals surface area contributed by atoms with Gasteiger partial charge in [0.2, 0.25) is 0 Å². The number of aliphatic hydroxyl groups is 3. The summed E-state index contributed by atoms with van der Waals surface area (Å²) in [7, 11) is 0. The van der Waals surface area contributed by atoms with Gasteiger partial charge in [0.1, 0.15) is 18.3 Å². The largest absolute Gasteiger partial charge is 0.388 e. The van der Waals surface area contributed by atoms with Gasteiger partial charge in [-0.2, -0.15) is 0 Å². The minimum absolute atomic E-state index is 0.0121. The van der Waals surface area contributed by atoms with Gasteiger partial charge in [-0.15, -0.1) is 0 Å². The second-order valence-corrected chi connectivity index (χ2v) is 3.93. The Morgan fingerprint density at radius 1 is 1.07 bits per heavy atom. The SMILES string of the molecule is O[C@@H]1[C@H](O)CO[C@]2(CCCCO2)[C@H]1O. The summed E-state index contributed by atoms with van der Waals surface area (Å²) in [6, 6.07) is 0. The lowest BCUT2D eigenvalue weighted by Gasteiger charge is -2.46. The Hall–Kier alpha value is -0.200. The van der Waals surface area contributed by atoms with Crippen LogP contribution >= 0.6 is 0 Å². The van der Waals surface area contributed by atoms with Crippen molar-refractivity contribution >= 4 is 0 Å². The van der Waals surface area contributed by atoms with Crippen LogP contribution in [0.3, 0.4) is 0 Å². The zero-order valence-electron chi connectivity index (χ0n) is 7.93. The van der Waals surface area contributed by atoms with Crippen LogP contribution in [0.15, 0.2) is 0 Å². The third kappa shape index (κ3) is 1.55. The molecule has 2 aliphatic heterocycles. The zero-order valence-corrected chi connectivity index (χ0v) is 7.93. The molecular weight excluding hydrogens is 188 g/mol. The van der Waals surface area contributed by atoms with Crippen LogP contribution < -0.4 is 0 Å². The third-order valence-corrected chi connectivity index (χ3v) is 2.93. The van der Waals surface area contributed by atoms with Crippen molar-refractivity contribution in [2.45, 2.75) is 43.4 Å². The van der Waals surface area contributed by atoms with Crippen LogP contribution in [0.5, 0.6) is 0 Å². The smallest absolute Gasteiger partial charge is 0.197 e. The van der Waals surface area contributed by atoms with Crippen molar-refractivity contribution in [2.24, 2.45) is 0 Å². The van der Waals surface area contributed by atoms with E-state index in [0.29, 0.717) is 13.0 Å². The fourth-order valence-corrected chi connectivity index (χ4v) is 2.02. The molecule has 0 aliphatic carbocycles. The van der Waals surface area contributed by atoms with Gasteiger partial charge in [0, 0.05) is 6.42 Å². The Bertz CT molecular complexity index is 201. The predicted molar refractivity (Wildman–Crippen MR) is 46.5 cm³/mol. The van der Waals surface area contributed by atoms with Crippen molar-refractivity contribution < 1.29 is 24.8 Å². The Morgan fingerprint density at radius 3 is 2.50 bits per heavy atom. The summed E-state index contributed by atoms with van der Waals surface area (Å²) in [5, 5.41) is 28.5. The molecule has 0 radical (unpaired) electrons. The lowest BCUT2D eigenvalue weighted by Crippen LogP contribution is -2.62. The van der Waals surface area contributed by atoms with E-state index in [2.05, 4.69) is 0 Å². The average Bonchev–Trinajstić information content (AvgIpc) is 2.23. The molecule has 1 spiro atoms. The zero-order chi connectivity index (χ0) is 10.2. The van der Waals surface area contributed by atoms with Crippen molar-refractivity contribution in [3.63, 3.8) is 0 Å². The lowest BCUT2D eigenvalue weighted by molar-refractivity contribution is -0.349. The minimum Gasteiger partial charge on any atom is -0.388 e. The first-order chi connectivity index (χ1) is 6.66. The predicted octanol–water partition coefficient (Wildman–Crippen LogP) is -1.00. The quantitative estimate of drug-likeness (QED) is 0.471. The maximum Gasteiger partial charge on any atom is 0.197 e. The standard InChI is InChI=1S/C9H16O5/c10-6-5-14-9(8(12)7(6)11)3-1-2-4-13-9/h6-8,10-12H,1-5H2/t6-,7-,8+,9-/m1/s1. The monoisotopic (exact) mass is 204 g/mol. The van der Waals surface area contributed by atoms with Crippen molar-refractivity contribution in [3.8, 4) is 0 Å². The fourth-order valence-electron chi connectivity index (χ4n) is 2.02. The first-order valence-electron chi connectivity index (χ1n) is 4.98. The summed E-state index contributed by atoms with van der Waals surface area (Å²) in [5.41, 5.74) is 0. The van der Waals surface area contributed by atoms with E-state index in [9.17, 15) is 15.3 Å². The number of aliphatic hydroxyl groups excluding tert-OH is 3. The molecule has 14 heavy (non-hydrogen) atoms. The van der Waals surface area contributed by atoms with Gasteiger partial charge < -0.3 is 24.8 Å². The summed E-state index contributed by atoms with van der Waals surface area (Å²) in [6.07, 6.45) is -0.955. The van der Waals surface area contributed by atoms with Gasteiger partial charge >= 0.3 is 0 Å². The molecular formula is C9H16O5. The summed E-state index contributed by atoms with van der Waals surface area (Å²) in [6.45, 7) is 0.540. The van der Waals surface area contributed by atoms with E-state index < -0.39 is 24.1 Å². The molecule has 82 valence electrons. The highest BCUT2D eigenvalue weighted by Crippen LogP contribution is 2.34. The van der Waals surface area contributed by atoms with Crippen molar-refractivity contribution in [1.82, 2.24) is 0 Å². The Kier molecular flexibility index (Phi) is 2.77. The summed E-state index contributed by atoms with van der Waals surface area (Å²) in [5.74, 6) is -1.09. The molecule has 4 atom stereocenters. The van der Waals surface area contributed by atoms with E-state index >= 15 is 0 Å². The highest BCUT2D eigenvalue weighted by Gasteiger charge is 2.51. The maximum atomic E-state index is 9.76. The summed E-state index contributed by atoms with van der Waals surface area (Å²) < 4.78 is 10.7. The van der Waals surface area contributed by atoms with Crippen LogP contribution in [0.4, 0.5) is 0 Å². The highest BCUT2D eigenvalue weighted by molar-refractivity contribution is 4.93. The number of ether oxygens (including phenoxy) is 2. The maximum absolute atomic E-state index is 9.76. The van der Waals surface area contributed by atoms with Gasteiger partial charge in [0.25, 0.3) is 0 Å². The number of hydrogen-bond acceptors (Lipinski definition) is 5. The molecule has 5 nitrogen and oxygen atoms in total. The van der Waals surface area contributed by atoms with Crippen LogP contribution in [0.25, 0.3) is 0 Å². The van der Waals surface area contributed by atoms with Crippen molar-refractivity contribution in [1.29, 1.82) is 0 Å². The van der Waals surface area contributed by atoms with Gasteiger partial charge in [-0.1, -0.05) is 0 Å². The first-order valence-corrected chi connectivity index (χ1v) is 4.98. The van der Waals surface area contributed by atoms with Crippen LogP contribution in [-0.2, 0) is 9.47 Å². The van der Waals surface area contributed by atoms with Crippen LogP contribution in [0.2, 0.25) is 0 Å².